The second kappa shape index (κ2) is 8.97. The van der Waals surface area contributed by atoms with Crippen molar-refractivity contribution < 1.29 is 22.7 Å². The summed E-state index contributed by atoms with van der Waals surface area (Å²) in [7, 11) is -0.623. The fourth-order valence-electron chi connectivity index (χ4n) is 3.55. The van der Waals surface area contributed by atoms with Crippen LogP contribution in [0, 0.1) is 12.8 Å². The number of rotatable bonds is 6. The fraction of sp³-hybridized carbons (Fsp3) is 0.450. The van der Waals surface area contributed by atoms with Crippen molar-refractivity contribution in [1.29, 1.82) is 0 Å². The second-order valence-electron chi connectivity index (χ2n) is 7.43. The van der Waals surface area contributed by atoms with Gasteiger partial charge < -0.3 is 10.1 Å². The van der Waals surface area contributed by atoms with E-state index in [0.717, 1.165) is 0 Å². The van der Waals surface area contributed by atoms with E-state index in [1.54, 1.807) is 24.9 Å². The van der Waals surface area contributed by atoms with Crippen LogP contribution in [0.3, 0.4) is 0 Å². The van der Waals surface area contributed by atoms with Crippen molar-refractivity contribution in [2.75, 3.05) is 26.7 Å². The van der Waals surface area contributed by atoms with E-state index in [1.807, 2.05) is 0 Å². The van der Waals surface area contributed by atoms with E-state index in [9.17, 15) is 18.0 Å². The molecule has 0 aliphatic carbocycles. The average Bonchev–Trinajstić information content (AvgIpc) is 3.17. The summed E-state index contributed by atoms with van der Waals surface area (Å²) in [4.78, 5) is 24.0. The van der Waals surface area contributed by atoms with Crippen molar-refractivity contribution in [3.8, 4) is 0 Å². The van der Waals surface area contributed by atoms with Gasteiger partial charge in [0, 0.05) is 32.9 Å². The molecule has 0 unspecified atom stereocenters. The van der Waals surface area contributed by atoms with Crippen LogP contribution in [0.4, 0.5) is 0 Å². The Morgan fingerprint density at radius 3 is 2.50 bits per heavy atom. The molecule has 30 heavy (non-hydrogen) atoms. The van der Waals surface area contributed by atoms with Gasteiger partial charge in [-0.05, 0) is 49.4 Å². The van der Waals surface area contributed by atoms with Crippen LogP contribution in [-0.2, 0) is 21.8 Å². The summed E-state index contributed by atoms with van der Waals surface area (Å²) < 4.78 is 33.8. The molecule has 1 N–H and O–H groups in total. The predicted molar refractivity (Wildman–Crippen MR) is 110 cm³/mol. The van der Waals surface area contributed by atoms with Crippen LogP contribution in [0.25, 0.3) is 0 Å². The standard InChI is InChI=1S/C20H26N4O5S/c1-14-10-16(20(26)29-3)4-5-18(14)30(27,28)24-8-6-15(7-9-24)11-21-19(25)17-12-22-23(2)13-17/h4-5,10,12-13,15H,6-9,11H2,1-3H3,(H,21,25). The molecule has 1 saturated heterocycles. The number of amides is 1. The maximum Gasteiger partial charge on any atom is 0.337 e. The summed E-state index contributed by atoms with van der Waals surface area (Å²) in [5, 5.41) is 6.88. The molecule has 162 valence electrons. The van der Waals surface area contributed by atoms with Gasteiger partial charge >= 0.3 is 5.97 Å². The summed E-state index contributed by atoms with van der Waals surface area (Å²) in [5.41, 5.74) is 1.32. The molecule has 0 saturated carbocycles. The van der Waals surface area contributed by atoms with Crippen LogP contribution in [0.15, 0.2) is 35.5 Å². The molecule has 1 fully saturated rings. The van der Waals surface area contributed by atoms with Crippen molar-refractivity contribution >= 4 is 21.9 Å². The van der Waals surface area contributed by atoms with Crippen molar-refractivity contribution in [3.05, 3.63) is 47.3 Å². The molecule has 0 bridgehead atoms. The normalized spacial score (nSPS) is 15.7. The van der Waals surface area contributed by atoms with E-state index in [-0.39, 0.29) is 16.7 Å². The van der Waals surface area contributed by atoms with Gasteiger partial charge in [0.25, 0.3) is 5.91 Å². The number of esters is 1. The largest absolute Gasteiger partial charge is 0.465 e. The quantitative estimate of drug-likeness (QED) is 0.687. The number of hydrogen-bond donors (Lipinski definition) is 1. The van der Waals surface area contributed by atoms with Gasteiger partial charge in [-0.15, -0.1) is 0 Å². The molecule has 1 aromatic heterocycles. The highest BCUT2D eigenvalue weighted by molar-refractivity contribution is 7.89. The average molecular weight is 435 g/mol. The zero-order valence-electron chi connectivity index (χ0n) is 17.3. The predicted octanol–water partition coefficient (Wildman–Crippen LogP) is 1.35. The molecule has 1 aliphatic heterocycles. The van der Waals surface area contributed by atoms with Gasteiger partial charge in [-0.25, -0.2) is 13.2 Å². The highest BCUT2D eigenvalue weighted by atomic mass is 32.2. The Morgan fingerprint density at radius 2 is 1.93 bits per heavy atom. The molecule has 1 aliphatic rings. The van der Waals surface area contributed by atoms with E-state index in [4.69, 9.17) is 0 Å². The second-order valence-corrected chi connectivity index (χ2v) is 9.34. The van der Waals surface area contributed by atoms with E-state index in [0.29, 0.717) is 49.2 Å². The monoisotopic (exact) mass is 434 g/mol. The first-order valence-corrected chi connectivity index (χ1v) is 11.1. The molecule has 9 nitrogen and oxygen atoms in total. The fourth-order valence-corrected chi connectivity index (χ4v) is 5.23. The molecular weight excluding hydrogens is 408 g/mol. The first kappa shape index (κ1) is 22.0. The van der Waals surface area contributed by atoms with Crippen LogP contribution >= 0.6 is 0 Å². The Kier molecular flexibility index (Phi) is 6.57. The first-order chi connectivity index (χ1) is 14.2. The van der Waals surface area contributed by atoms with Crippen LogP contribution < -0.4 is 5.32 Å². The number of nitrogens with one attached hydrogen (secondary N) is 1. The minimum atomic E-state index is -3.65. The summed E-state index contributed by atoms with van der Waals surface area (Å²) in [5.74, 6) is -0.476. The van der Waals surface area contributed by atoms with Gasteiger partial charge in [-0.2, -0.15) is 9.40 Å². The Morgan fingerprint density at radius 1 is 1.23 bits per heavy atom. The van der Waals surface area contributed by atoms with Crippen molar-refractivity contribution in [2.24, 2.45) is 13.0 Å². The van der Waals surface area contributed by atoms with Gasteiger partial charge in [-0.3, -0.25) is 9.48 Å². The molecule has 0 spiro atoms. The summed E-state index contributed by atoms with van der Waals surface area (Å²) in [6, 6.07) is 4.45. The molecule has 2 heterocycles. The Bertz CT molecular complexity index is 1040. The van der Waals surface area contributed by atoms with Crippen LogP contribution in [0.1, 0.15) is 39.1 Å². The lowest BCUT2D eigenvalue weighted by Gasteiger charge is -2.31. The topological polar surface area (TPSA) is 111 Å². The molecular formula is C20H26N4O5S. The third-order valence-corrected chi connectivity index (χ3v) is 7.36. The van der Waals surface area contributed by atoms with Crippen LogP contribution in [-0.4, -0.2) is 61.1 Å². The Hall–Kier alpha value is -2.72. The van der Waals surface area contributed by atoms with Crippen molar-refractivity contribution in [3.63, 3.8) is 0 Å². The number of carbonyl (C=O) groups excluding carboxylic acids is 2. The molecule has 0 atom stereocenters. The summed E-state index contributed by atoms with van der Waals surface area (Å²) in [6.45, 7) is 2.93. The highest BCUT2D eigenvalue weighted by Crippen LogP contribution is 2.26. The third kappa shape index (κ3) is 4.71. The number of piperidine rings is 1. The lowest BCUT2D eigenvalue weighted by Crippen LogP contribution is -2.41. The number of aromatic nitrogens is 2. The van der Waals surface area contributed by atoms with Gasteiger partial charge in [0.2, 0.25) is 10.0 Å². The summed E-state index contributed by atoms with van der Waals surface area (Å²) >= 11 is 0. The van der Waals surface area contributed by atoms with E-state index in [2.05, 4.69) is 15.2 Å². The molecule has 3 rings (SSSR count). The number of ether oxygens (including phenoxy) is 1. The van der Waals surface area contributed by atoms with Gasteiger partial charge in [0.05, 0.1) is 29.3 Å². The number of carbonyl (C=O) groups is 2. The zero-order chi connectivity index (χ0) is 21.9. The zero-order valence-corrected chi connectivity index (χ0v) is 18.1. The first-order valence-electron chi connectivity index (χ1n) is 9.68. The van der Waals surface area contributed by atoms with E-state index >= 15 is 0 Å². The van der Waals surface area contributed by atoms with Gasteiger partial charge in [0.15, 0.2) is 0 Å². The molecule has 2 aromatic rings. The maximum absolute atomic E-state index is 13.0. The van der Waals surface area contributed by atoms with Crippen molar-refractivity contribution in [2.45, 2.75) is 24.7 Å². The highest BCUT2D eigenvalue weighted by Gasteiger charge is 2.31. The molecule has 10 heteroatoms. The lowest BCUT2D eigenvalue weighted by atomic mass is 9.98. The SMILES string of the molecule is COC(=O)c1ccc(S(=O)(=O)N2CCC(CNC(=O)c3cnn(C)c3)CC2)c(C)c1. The number of nitrogens with zero attached hydrogens (tertiary/aromatic N) is 3. The maximum atomic E-state index is 13.0. The molecule has 1 amide bonds. The summed E-state index contributed by atoms with van der Waals surface area (Å²) in [6.07, 6.45) is 4.48. The Balaban J connectivity index is 1.58. The number of sulfonamides is 1. The van der Waals surface area contributed by atoms with Crippen molar-refractivity contribution in [1.82, 2.24) is 19.4 Å². The van der Waals surface area contributed by atoms with Crippen LogP contribution in [0.2, 0.25) is 0 Å². The van der Waals surface area contributed by atoms with Gasteiger partial charge in [0.1, 0.15) is 0 Å². The smallest absolute Gasteiger partial charge is 0.337 e. The minimum absolute atomic E-state index is 0.181. The lowest BCUT2D eigenvalue weighted by molar-refractivity contribution is 0.0600. The number of aryl methyl sites for hydroxylation is 2. The van der Waals surface area contributed by atoms with E-state index < -0.39 is 16.0 Å². The third-order valence-electron chi connectivity index (χ3n) is 5.31. The van der Waals surface area contributed by atoms with E-state index in [1.165, 1.54) is 35.8 Å². The molecule has 1 aromatic carbocycles. The number of methoxy groups -OCH3 is 1. The number of benzene rings is 1. The van der Waals surface area contributed by atoms with Gasteiger partial charge in [-0.1, -0.05) is 0 Å². The van der Waals surface area contributed by atoms with Crippen LogP contribution in [0.5, 0.6) is 0 Å². The number of hydrogen-bond acceptors (Lipinski definition) is 6. The minimum Gasteiger partial charge on any atom is -0.465 e. The molecule has 0 radical (unpaired) electrons. The Labute approximate surface area is 176 Å².